The summed E-state index contributed by atoms with van der Waals surface area (Å²) in [5.41, 5.74) is 4.33. The Kier molecular flexibility index (Phi) is 6.41. The van der Waals surface area contributed by atoms with Crippen molar-refractivity contribution in [3.05, 3.63) is 96.3 Å². The van der Waals surface area contributed by atoms with Crippen LogP contribution in [0, 0.1) is 13.8 Å². The number of anilines is 3. The number of ether oxygens (including phenoxy) is 1. The number of carbonyl (C=O) groups is 1. The van der Waals surface area contributed by atoms with Gasteiger partial charge in [0.05, 0.1) is 5.69 Å². The van der Waals surface area contributed by atoms with Crippen molar-refractivity contribution in [2.24, 2.45) is 0 Å². The van der Waals surface area contributed by atoms with E-state index in [1.807, 2.05) is 98.8 Å². The van der Waals surface area contributed by atoms with E-state index in [0.29, 0.717) is 23.1 Å². The van der Waals surface area contributed by atoms with Gasteiger partial charge in [-0.1, -0.05) is 54.6 Å². The Morgan fingerprint density at radius 3 is 2.41 bits per heavy atom. The van der Waals surface area contributed by atoms with Crippen LogP contribution in [0.25, 0.3) is 11.3 Å². The van der Waals surface area contributed by atoms with Gasteiger partial charge in [0, 0.05) is 23.0 Å². The van der Waals surface area contributed by atoms with Gasteiger partial charge in [0.1, 0.15) is 17.4 Å². The SMILES string of the molecule is Cc1nc(Nc2cccc(NC(=O)COc3ccccc3C)c2)cc(-c2ccccc2)n1. The lowest BCUT2D eigenvalue weighted by Crippen LogP contribution is -2.20. The summed E-state index contributed by atoms with van der Waals surface area (Å²) in [5.74, 6) is 1.83. The van der Waals surface area contributed by atoms with Crippen LogP contribution in [0.15, 0.2) is 84.9 Å². The second-order valence-electron chi connectivity index (χ2n) is 7.36. The molecule has 0 radical (unpaired) electrons. The molecule has 3 aromatic carbocycles. The van der Waals surface area contributed by atoms with Gasteiger partial charge in [-0.2, -0.15) is 0 Å². The van der Waals surface area contributed by atoms with Crippen molar-refractivity contribution < 1.29 is 9.53 Å². The topological polar surface area (TPSA) is 76.1 Å². The Balaban J connectivity index is 1.43. The van der Waals surface area contributed by atoms with Gasteiger partial charge in [0.15, 0.2) is 6.61 Å². The first-order chi connectivity index (χ1) is 15.6. The van der Waals surface area contributed by atoms with E-state index < -0.39 is 0 Å². The molecule has 0 bridgehead atoms. The van der Waals surface area contributed by atoms with Crippen LogP contribution < -0.4 is 15.4 Å². The van der Waals surface area contributed by atoms with Gasteiger partial charge in [-0.3, -0.25) is 4.79 Å². The number of para-hydroxylation sites is 1. The highest BCUT2D eigenvalue weighted by Gasteiger charge is 2.08. The smallest absolute Gasteiger partial charge is 0.262 e. The van der Waals surface area contributed by atoms with Crippen LogP contribution in [-0.2, 0) is 4.79 Å². The van der Waals surface area contributed by atoms with E-state index in [1.54, 1.807) is 0 Å². The lowest BCUT2D eigenvalue weighted by Gasteiger charge is -2.12. The number of benzene rings is 3. The highest BCUT2D eigenvalue weighted by molar-refractivity contribution is 5.92. The minimum atomic E-state index is -0.227. The molecule has 0 aliphatic carbocycles. The number of amides is 1. The first-order valence-electron chi connectivity index (χ1n) is 10.3. The molecule has 4 rings (SSSR count). The van der Waals surface area contributed by atoms with Gasteiger partial charge < -0.3 is 15.4 Å². The number of rotatable bonds is 7. The van der Waals surface area contributed by atoms with Gasteiger partial charge >= 0.3 is 0 Å². The Bertz CT molecular complexity index is 1230. The molecule has 6 nitrogen and oxygen atoms in total. The minimum Gasteiger partial charge on any atom is -0.483 e. The lowest BCUT2D eigenvalue weighted by molar-refractivity contribution is -0.118. The predicted molar refractivity (Wildman–Crippen MR) is 127 cm³/mol. The standard InChI is InChI=1S/C26H24N4O2/c1-18-9-6-7-14-24(18)32-17-26(31)30-22-13-8-12-21(15-22)29-25-16-23(27-19(2)28-25)20-10-4-3-5-11-20/h3-16H,17H2,1-2H3,(H,30,31)(H,27,28,29). The molecule has 0 saturated carbocycles. The molecule has 2 N–H and O–H groups in total. The number of nitrogens with zero attached hydrogens (tertiary/aromatic N) is 2. The van der Waals surface area contributed by atoms with Crippen LogP contribution in [0.5, 0.6) is 5.75 Å². The van der Waals surface area contributed by atoms with E-state index in [1.165, 1.54) is 0 Å². The largest absolute Gasteiger partial charge is 0.483 e. The maximum atomic E-state index is 12.3. The van der Waals surface area contributed by atoms with Crippen LogP contribution in [0.4, 0.5) is 17.2 Å². The molecule has 0 aliphatic heterocycles. The monoisotopic (exact) mass is 424 g/mol. The highest BCUT2D eigenvalue weighted by Crippen LogP contribution is 2.23. The van der Waals surface area contributed by atoms with Crippen LogP contribution in [0.1, 0.15) is 11.4 Å². The van der Waals surface area contributed by atoms with Crippen LogP contribution in [0.2, 0.25) is 0 Å². The number of hydrogen-bond acceptors (Lipinski definition) is 5. The fourth-order valence-corrected chi connectivity index (χ4v) is 3.27. The summed E-state index contributed by atoms with van der Waals surface area (Å²) >= 11 is 0. The van der Waals surface area contributed by atoms with E-state index >= 15 is 0 Å². The molecule has 1 aromatic heterocycles. The molecule has 0 atom stereocenters. The molecule has 0 aliphatic rings. The molecule has 6 heteroatoms. The van der Waals surface area contributed by atoms with Crippen molar-refractivity contribution in [3.63, 3.8) is 0 Å². The van der Waals surface area contributed by atoms with E-state index in [4.69, 9.17) is 4.74 Å². The Hall–Kier alpha value is -4.19. The van der Waals surface area contributed by atoms with Crippen molar-refractivity contribution in [2.45, 2.75) is 13.8 Å². The number of carbonyl (C=O) groups excluding carboxylic acids is 1. The summed E-state index contributed by atoms with van der Waals surface area (Å²) in [4.78, 5) is 21.4. The van der Waals surface area contributed by atoms with Crippen molar-refractivity contribution in [3.8, 4) is 17.0 Å². The number of aryl methyl sites for hydroxylation is 2. The fraction of sp³-hybridized carbons (Fsp3) is 0.115. The maximum Gasteiger partial charge on any atom is 0.262 e. The zero-order valence-electron chi connectivity index (χ0n) is 18.0. The third-order valence-corrected chi connectivity index (χ3v) is 4.78. The molecule has 32 heavy (non-hydrogen) atoms. The number of aromatic nitrogens is 2. The van der Waals surface area contributed by atoms with E-state index in [2.05, 4.69) is 20.6 Å². The minimum absolute atomic E-state index is 0.0615. The van der Waals surface area contributed by atoms with Crippen LogP contribution in [0.3, 0.4) is 0 Å². The second kappa shape index (κ2) is 9.75. The van der Waals surface area contributed by atoms with Gasteiger partial charge in [0.25, 0.3) is 5.91 Å². The van der Waals surface area contributed by atoms with E-state index in [0.717, 1.165) is 22.5 Å². The number of hydrogen-bond donors (Lipinski definition) is 2. The molecule has 1 amide bonds. The second-order valence-corrected chi connectivity index (χ2v) is 7.36. The van der Waals surface area contributed by atoms with Crippen LogP contribution >= 0.6 is 0 Å². The quantitative estimate of drug-likeness (QED) is 0.408. The molecule has 0 saturated heterocycles. The van der Waals surface area contributed by atoms with Gasteiger partial charge in [-0.15, -0.1) is 0 Å². The van der Waals surface area contributed by atoms with Crippen molar-refractivity contribution in [1.29, 1.82) is 0 Å². The molecule has 4 aromatic rings. The average molecular weight is 425 g/mol. The van der Waals surface area contributed by atoms with Crippen molar-refractivity contribution >= 4 is 23.1 Å². The summed E-state index contributed by atoms with van der Waals surface area (Å²) in [6, 6.07) is 26.9. The highest BCUT2D eigenvalue weighted by atomic mass is 16.5. The van der Waals surface area contributed by atoms with Crippen molar-refractivity contribution in [1.82, 2.24) is 9.97 Å². The van der Waals surface area contributed by atoms with Gasteiger partial charge in [-0.05, 0) is 43.7 Å². The molecular formula is C26H24N4O2. The van der Waals surface area contributed by atoms with Crippen LogP contribution in [-0.4, -0.2) is 22.5 Å². The third-order valence-electron chi connectivity index (χ3n) is 4.78. The fourth-order valence-electron chi connectivity index (χ4n) is 3.27. The first kappa shape index (κ1) is 21.1. The molecule has 0 fully saturated rings. The summed E-state index contributed by atoms with van der Waals surface area (Å²) in [7, 11) is 0. The Labute approximate surface area is 187 Å². The number of nitrogens with one attached hydrogen (secondary N) is 2. The first-order valence-corrected chi connectivity index (χ1v) is 10.3. The van der Waals surface area contributed by atoms with E-state index in [9.17, 15) is 4.79 Å². The molecule has 0 unspecified atom stereocenters. The van der Waals surface area contributed by atoms with Gasteiger partial charge in [0.2, 0.25) is 0 Å². The third kappa shape index (κ3) is 5.49. The molecular weight excluding hydrogens is 400 g/mol. The summed E-state index contributed by atoms with van der Waals surface area (Å²) in [6.07, 6.45) is 0. The lowest BCUT2D eigenvalue weighted by atomic mass is 10.1. The molecule has 160 valence electrons. The zero-order valence-corrected chi connectivity index (χ0v) is 18.0. The summed E-state index contributed by atoms with van der Waals surface area (Å²) in [6.45, 7) is 3.75. The zero-order chi connectivity index (χ0) is 22.3. The Morgan fingerprint density at radius 1 is 0.844 bits per heavy atom. The summed E-state index contributed by atoms with van der Waals surface area (Å²) < 4.78 is 5.62. The molecule has 1 heterocycles. The summed E-state index contributed by atoms with van der Waals surface area (Å²) in [5, 5.41) is 6.17. The van der Waals surface area contributed by atoms with Crippen molar-refractivity contribution in [2.75, 3.05) is 17.2 Å². The predicted octanol–water partition coefficient (Wildman–Crippen LogP) is 5.52. The molecule has 0 spiro atoms. The maximum absolute atomic E-state index is 12.3. The normalized spacial score (nSPS) is 10.4. The van der Waals surface area contributed by atoms with E-state index in [-0.39, 0.29) is 12.5 Å². The van der Waals surface area contributed by atoms with Gasteiger partial charge in [-0.25, -0.2) is 9.97 Å². The average Bonchev–Trinajstić information content (AvgIpc) is 2.79. The Morgan fingerprint density at radius 2 is 1.59 bits per heavy atom.